The Hall–Kier alpha value is -4.12. The van der Waals surface area contributed by atoms with E-state index in [4.69, 9.17) is 11.6 Å². The van der Waals surface area contributed by atoms with Crippen LogP contribution in [-0.2, 0) is 35.8 Å². The summed E-state index contributed by atoms with van der Waals surface area (Å²) in [6, 6.07) is 5.87. The SMILES string of the molecule is Cc1cc(Br)ccc1[C@H]1C[C@]1(CCCl)C(=O)N[C@H](Cc1cnn(C(F)F)c1)C(=O)NC(C)(C)Cn1nc(C(F)(F)F)cc1-c1cc(F)c(=O)n(C)c1. The molecule has 0 radical (unpaired) electrons. The molecule has 10 nitrogen and oxygen atoms in total. The Labute approximate surface area is 307 Å². The largest absolute Gasteiger partial charge is 0.435 e. The first-order chi connectivity index (χ1) is 24.2. The first-order valence-electron chi connectivity index (χ1n) is 16.0. The minimum absolute atomic E-state index is 0.0736. The third-order valence-electron chi connectivity index (χ3n) is 9.10. The van der Waals surface area contributed by atoms with Crippen molar-refractivity contribution in [1.29, 1.82) is 0 Å². The van der Waals surface area contributed by atoms with E-state index in [0.29, 0.717) is 23.6 Å². The summed E-state index contributed by atoms with van der Waals surface area (Å²) in [4.78, 5) is 40.0. The number of aryl methyl sites for hydroxylation is 2. The van der Waals surface area contributed by atoms with E-state index in [0.717, 1.165) is 49.5 Å². The van der Waals surface area contributed by atoms with Gasteiger partial charge in [-0.2, -0.15) is 32.1 Å². The third kappa shape index (κ3) is 8.40. The molecular weight excluding hydrogens is 784 g/mol. The van der Waals surface area contributed by atoms with Crippen LogP contribution in [0.25, 0.3) is 11.3 Å². The lowest BCUT2D eigenvalue weighted by Gasteiger charge is -2.30. The van der Waals surface area contributed by atoms with E-state index in [-0.39, 0.29) is 41.6 Å². The standard InChI is InChI=1S/C34H35BrClF6N7O3/c1-18-9-21(35)5-6-22(18)23-13-33(23,7-8-36)30(52)44-25(10-19-14-43-48(15-19)31(38)39)28(50)45-32(2,3)17-49-26(12-27(46-49)34(40,41)42)20-11-24(37)29(51)47(4)16-20/h5-6,9,11-12,14-16,23,25,31H,7-8,10,13,17H2,1-4H3,(H,44,52)(H,45,50)/t23-,25-,33+/m1/s1. The van der Waals surface area contributed by atoms with E-state index < -0.39 is 58.6 Å². The zero-order valence-electron chi connectivity index (χ0n) is 28.4. The van der Waals surface area contributed by atoms with Crippen molar-refractivity contribution in [2.24, 2.45) is 12.5 Å². The van der Waals surface area contributed by atoms with Gasteiger partial charge in [0.2, 0.25) is 11.8 Å². The minimum Gasteiger partial charge on any atom is -0.348 e. The van der Waals surface area contributed by atoms with Gasteiger partial charge in [0.1, 0.15) is 6.04 Å². The number of nitrogens with zero attached hydrogens (tertiary/aromatic N) is 5. The maximum absolute atomic E-state index is 14.4. The van der Waals surface area contributed by atoms with Gasteiger partial charge in [-0.3, -0.25) is 19.1 Å². The normalized spacial score (nSPS) is 18.1. The molecule has 2 N–H and O–H groups in total. The van der Waals surface area contributed by atoms with Gasteiger partial charge in [0.05, 0.1) is 29.4 Å². The lowest BCUT2D eigenvalue weighted by atomic mass is 9.92. The number of carbonyl (C=O) groups excluding carboxylic acids is 2. The summed E-state index contributed by atoms with van der Waals surface area (Å²) in [6.07, 6.45) is -1.03. The van der Waals surface area contributed by atoms with E-state index in [1.165, 1.54) is 20.9 Å². The van der Waals surface area contributed by atoms with Crippen molar-refractivity contribution < 1.29 is 35.9 Å². The Morgan fingerprint density at radius 1 is 1.15 bits per heavy atom. The van der Waals surface area contributed by atoms with Crippen molar-refractivity contribution in [3.05, 3.63) is 92.0 Å². The smallest absolute Gasteiger partial charge is 0.348 e. The summed E-state index contributed by atoms with van der Waals surface area (Å²) in [7, 11) is 1.24. The summed E-state index contributed by atoms with van der Waals surface area (Å²) in [5, 5.41) is 12.9. The quantitative estimate of drug-likeness (QED) is 0.118. The number of aromatic nitrogens is 5. The van der Waals surface area contributed by atoms with Crippen molar-refractivity contribution >= 4 is 39.3 Å². The summed E-state index contributed by atoms with van der Waals surface area (Å²) < 4.78 is 85.6. The van der Waals surface area contributed by atoms with Gasteiger partial charge in [-0.05, 0) is 80.5 Å². The summed E-state index contributed by atoms with van der Waals surface area (Å²) >= 11 is 9.60. The molecule has 3 aromatic heterocycles. The predicted molar refractivity (Wildman–Crippen MR) is 183 cm³/mol. The molecule has 0 aliphatic heterocycles. The number of benzene rings is 1. The molecule has 3 atom stereocenters. The Bertz CT molecular complexity index is 2020. The highest BCUT2D eigenvalue weighted by Crippen LogP contribution is 2.62. The highest BCUT2D eigenvalue weighted by Gasteiger charge is 2.60. The average Bonchev–Trinajstić information content (AvgIpc) is 3.34. The molecule has 1 aliphatic carbocycles. The number of pyridine rings is 1. The zero-order valence-corrected chi connectivity index (χ0v) is 30.7. The number of rotatable bonds is 13. The molecule has 0 bridgehead atoms. The van der Waals surface area contributed by atoms with Crippen molar-refractivity contribution in [2.75, 3.05) is 5.88 Å². The van der Waals surface area contributed by atoms with E-state index >= 15 is 0 Å². The molecule has 0 spiro atoms. The van der Waals surface area contributed by atoms with Gasteiger partial charge in [-0.15, -0.1) is 11.6 Å². The van der Waals surface area contributed by atoms with Crippen LogP contribution in [0.3, 0.4) is 0 Å². The number of halogens is 8. The molecule has 52 heavy (non-hydrogen) atoms. The minimum atomic E-state index is -4.88. The van der Waals surface area contributed by atoms with Crippen LogP contribution in [0.15, 0.2) is 58.2 Å². The molecule has 4 aromatic rings. The van der Waals surface area contributed by atoms with Crippen LogP contribution in [-0.4, -0.2) is 53.4 Å². The zero-order chi connectivity index (χ0) is 38.3. The van der Waals surface area contributed by atoms with Gasteiger partial charge < -0.3 is 15.2 Å². The summed E-state index contributed by atoms with van der Waals surface area (Å²) in [5.41, 5.74) is -2.74. The lowest BCUT2D eigenvalue weighted by molar-refractivity contribution is -0.141. The lowest BCUT2D eigenvalue weighted by Crippen LogP contribution is -2.56. The fourth-order valence-corrected chi connectivity index (χ4v) is 7.26. The van der Waals surface area contributed by atoms with E-state index in [1.54, 1.807) is 0 Å². The van der Waals surface area contributed by atoms with Crippen LogP contribution in [0, 0.1) is 18.2 Å². The third-order valence-corrected chi connectivity index (χ3v) is 9.79. The van der Waals surface area contributed by atoms with Gasteiger partial charge in [-0.1, -0.05) is 22.0 Å². The fraction of sp³-hybridized carbons (Fsp3) is 0.441. The highest BCUT2D eigenvalue weighted by atomic mass is 79.9. The molecule has 0 saturated heterocycles. The molecule has 280 valence electrons. The molecule has 1 aliphatic rings. The van der Waals surface area contributed by atoms with Gasteiger partial charge in [0, 0.05) is 41.8 Å². The first-order valence-corrected chi connectivity index (χ1v) is 17.3. The molecule has 0 unspecified atom stereocenters. The monoisotopic (exact) mass is 817 g/mol. The van der Waals surface area contributed by atoms with Crippen molar-refractivity contribution in [3.8, 4) is 11.3 Å². The van der Waals surface area contributed by atoms with E-state index in [1.807, 2.05) is 25.1 Å². The Balaban J connectivity index is 1.44. The van der Waals surface area contributed by atoms with Crippen LogP contribution in [0.1, 0.15) is 61.5 Å². The fourth-order valence-electron chi connectivity index (χ4n) is 6.44. The van der Waals surface area contributed by atoms with Crippen LogP contribution >= 0.6 is 27.5 Å². The predicted octanol–water partition coefficient (Wildman–Crippen LogP) is 6.49. The van der Waals surface area contributed by atoms with Crippen molar-refractivity contribution in [3.63, 3.8) is 0 Å². The van der Waals surface area contributed by atoms with Crippen LogP contribution in [0.2, 0.25) is 0 Å². The molecule has 1 fully saturated rings. The first kappa shape index (κ1) is 39.1. The number of nitrogens with one attached hydrogen (secondary N) is 2. The maximum Gasteiger partial charge on any atom is 0.435 e. The number of hydrogen-bond acceptors (Lipinski definition) is 5. The average molecular weight is 819 g/mol. The van der Waals surface area contributed by atoms with Gasteiger partial charge >= 0.3 is 12.7 Å². The molecule has 2 amide bonds. The Kier molecular flexibility index (Phi) is 11.1. The number of carbonyl (C=O) groups is 2. The number of alkyl halides is 6. The Morgan fingerprint density at radius 3 is 2.46 bits per heavy atom. The second-order valence-electron chi connectivity index (χ2n) is 13.6. The van der Waals surface area contributed by atoms with Crippen LogP contribution in [0.4, 0.5) is 26.3 Å². The molecular formula is C34H35BrClF6N7O3. The highest BCUT2D eigenvalue weighted by molar-refractivity contribution is 9.10. The van der Waals surface area contributed by atoms with Gasteiger partial charge in [0.25, 0.3) is 5.56 Å². The number of amides is 2. The second kappa shape index (κ2) is 14.7. The molecule has 1 aromatic carbocycles. The Morgan fingerprint density at radius 2 is 1.87 bits per heavy atom. The van der Waals surface area contributed by atoms with E-state index in [2.05, 4.69) is 36.8 Å². The molecule has 3 heterocycles. The summed E-state index contributed by atoms with van der Waals surface area (Å²) in [6.45, 7) is 1.59. The van der Waals surface area contributed by atoms with Gasteiger partial charge in [0.15, 0.2) is 11.5 Å². The molecule has 5 rings (SSSR count). The molecule has 18 heteroatoms. The second-order valence-corrected chi connectivity index (χ2v) is 14.9. The van der Waals surface area contributed by atoms with Crippen LogP contribution in [0.5, 0.6) is 0 Å². The van der Waals surface area contributed by atoms with Gasteiger partial charge in [-0.25, -0.2) is 9.07 Å². The topological polar surface area (TPSA) is 116 Å². The van der Waals surface area contributed by atoms with Crippen molar-refractivity contribution in [2.45, 2.75) is 76.8 Å². The number of hydrogen-bond donors (Lipinski definition) is 2. The van der Waals surface area contributed by atoms with Crippen LogP contribution < -0.4 is 16.2 Å². The van der Waals surface area contributed by atoms with E-state index in [9.17, 15) is 40.7 Å². The van der Waals surface area contributed by atoms with Crippen molar-refractivity contribution in [1.82, 2.24) is 34.8 Å². The molecule has 1 saturated carbocycles. The summed E-state index contributed by atoms with van der Waals surface area (Å²) in [5.74, 6) is -2.48. The maximum atomic E-state index is 14.4.